The van der Waals surface area contributed by atoms with Crippen molar-refractivity contribution in [2.75, 3.05) is 0 Å². The van der Waals surface area contributed by atoms with Gasteiger partial charge in [0.1, 0.15) is 5.75 Å². The molecule has 2 aromatic carbocycles. The third-order valence-electron chi connectivity index (χ3n) is 3.23. The molecule has 102 valence electrons. The molecule has 1 aliphatic carbocycles. The minimum Gasteiger partial charge on any atom is -0.490 e. The van der Waals surface area contributed by atoms with Crippen molar-refractivity contribution in [2.45, 2.75) is 25.9 Å². The van der Waals surface area contributed by atoms with E-state index in [1.807, 2.05) is 49.4 Å². The van der Waals surface area contributed by atoms with Gasteiger partial charge in [-0.25, -0.2) is 0 Å². The maximum absolute atomic E-state index is 12.5. The monoisotopic (exact) mass is 330 g/mol. The van der Waals surface area contributed by atoms with Crippen molar-refractivity contribution < 1.29 is 9.53 Å². The number of hydrogen-bond acceptors (Lipinski definition) is 2. The van der Waals surface area contributed by atoms with E-state index < -0.39 is 0 Å². The minimum atomic E-state index is 0.0237. The molecule has 0 spiro atoms. The van der Waals surface area contributed by atoms with E-state index in [0.717, 1.165) is 28.6 Å². The highest BCUT2D eigenvalue weighted by Crippen LogP contribution is 2.27. The number of ether oxygens (including phenoxy) is 1. The average molecular weight is 331 g/mol. The number of benzene rings is 2. The molecular weight excluding hydrogens is 316 g/mol. The Labute approximate surface area is 126 Å². The van der Waals surface area contributed by atoms with Crippen LogP contribution in [0.2, 0.25) is 0 Å². The fraction of sp³-hybridized carbons (Fsp3) is 0.235. The van der Waals surface area contributed by atoms with E-state index in [2.05, 4.69) is 15.9 Å². The van der Waals surface area contributed by atoms with Crippen molar-refractivity contribution in [3.05, 3.63) is 63.6 Å². The Kier molecular flexibility index (Phi) is 3.62. The zero-order valence-electron chi connectivity index (χ0n) is 11.2. The first kappa shape index (κ1) is 13.4. The Balaban J connectivity index is 1.88. The molecule has 0 unspecified atom stereocenters. The van der Waals surface area contributed by atoms with Gasteiger partial charge < -0.3 is 4.74 Å². The number of aryl methyl sites for hydroxylation is 1. The predicted octanol–water partition coefficient (Wildman–Crippen LogP) is 4.53. The first-order valence-electron chi connectivity index (χ1n) is 6.70. The summed E-state index contributed by atoms with van der Waals surface area (Å²) in [5.41, 5.74) is 2.43. The fourth-order valence-electron chi connectivity index (χ4n) is 2.12. The molecule has 0 amide bonds. The normalized spacial score (nSPS) is 14.1. The number of halogens is 1. The molecule has 1 aliphatic rings. The molecule has 20 heavy (non-hydrogen) atoms. The Morgan fingerprint density at radius 3 is 2.65 bits per heavy atom. The SMILES string of the molecule is Cc1cc(Br)cc(C(=O)c2cccc(OC3CC3)c2)c1. The topological polar surface area (TPSA) is 26.3 Å². The molecule has 0 bridgehead atoms. The largest absolute Gasteiger partial charge is 0.490 e. The Morgan fingerprint density at radius 2 is 1.95 bits per heavy atom. The van der Waals surface area contributed by atoms with Crippen LogP contribution in [0.5, 0.6) is 5.75 Å². The molecule has 0 atom stereocenters. The minimum absolute atomic E-state index is 0.0237. The lowest BCUT2D eigenvalue weighted by Gasteiger charge is -2.07. The quantitative estimate of drug-likeness (QED) is 0.770. The summed E-state index contributed by atoms with van der Waals surface area (Å²) in [4.78, 5) is 12.5. The summed E-state index contributed by atoms with van der Waals surface area (Å²) < 4.78 is 6.66. The van der Waals surface area contributed by atoms with Crippen LogP contribution in [0, 0.1) is 6.92 Å². The second-order valence-corrected chi connectivity index (χ2v) is 6.11. The maximum Gasteiger partial charge on any atom is 0.193 e. The van der Waals surface area contributed by atoms with Crippen molar-refractivity contribution in [3.8, 4) is 5.75 Å². The smallest absolute Gasteiger partial charge is 0.193 e. The first-order chi connectivity index (χ1) is 9.61. The lowest BCUT2D eigenvalue weighted by molar-refractivity contribution is 0.103. The molecule has 1 saturated carbocycles. The Bertz CT molecular complexity index is 640. The highest BCUT2D eigenvalue weighted by Gasteiger charge is 2.23. The van der Waals surface area contributed by atoms with Gasteiger partial charge in [0.2, 0.25) is 0 Å². The number of ketones is 1. The number of rotatable bonds is 4. The van der Waals surface area contributed by atoms with E-state index in [1.165, 1.54) is 0 Å². The van der Waals surface area contributed by atoms with Gasteiger partial charge in [-0.3, -0.25) is 4.79 Å². The van der Waals surface area contributed by atoms with Crippen LogP contribution in [-0.2, 0) is 0 Å². The molecule has 0 saturated heterocycles. The number of carbonyl (C=O) groups excluding carboxylic acids is 1. The summed E-state index contributed by atoms with van der Waals surface area (Å²) in [7, 11) is 0. The van der Waals surface area contributed by atoms with E-state index in [1.54, 1.807) is 0 Å². The van der Waals surface area contributed by atoms with Crippen LogP contribution < -0.4 is 4.74 Å². The van der Waals surface area contributed by atoms with E-state index in [-0.39, 0.29) is 5.78 Å². The maximum atomic E-state index is 12.5. The molecule has 3 heteroatoms. The molecule has 2 aromatic rings. The third kappa shape index (κ3) is 3.10. The zero-order chi connectivity index (χ0) is 14.1. The summed E-state index contributed by atoms with van der Waals surface area (Å²) in [5.74, 6) is 0.806. The lowest BCUT2D eigenvalue weighted by Crippen LogP contribution is -2.03. The Hall–Kier alpha value is -1.61. The van der Waals surface area contributed by atoms with Crippen LogP contribution in [0.4, 0.5) is 0 Å². The number of hydrogen-bond donors (Lipinski definition) is 0. The van der Waals surface area contributed by atoms with Gasteiger partial charge in [-0.2, -0.15) is 0 Å². The highest BCUT2D eigenvalue weighted by molar-refractivity contribution is 9.10. The fourth-order valence-corrected chi connectivity index (χ4v) is 2.73. The molecule has 2 nitrogen and oxygen atoms in total. The van der Waals surface area contributed by atoms with Gasteiger partial charge in [-0.1, -0.05) is 28.1 Å². The van der Waals surface area contributed by atoms with Crippen molar-refractivity contribution in [1.29, 1.82) is 0 Å². The molecule has 0 aromatic heterocycles. The standard InChI is InChI=1S/C17H15BrO2/c1-11-7-13(9-14(18)8-11)17(19)12-3-2-4-16(10-12)20-15-5-6-15/h2-4,7-10,15H,5-6H2,1H3. The average Bonchev–Trinajstić information content (AvgIpc) is 3.21. The molecule has 0 heterocycles. The van der Waals surface area contributed by atoms with E-state index in [4.69, 9.17) is 4.74 Å². The van der Waals surface area contributed by atoms with Gasteiger partial charge in [0.15, 0.2) is 5.78 Å². The highest BCUT2D eigenvalue weighted by atomic mass is 79.9. The molecule has 0 N–H and O–H groups in total. The van der Waals surface area contributed by atoms with Crippen LogP contribution in [0.15, 0.2) is 46.9 Å². The van der Waals surface area contributed by atoms with Crippen LogP contribution in [0.25, 0.3) is 0 Å². The number of carbonyl (C=O) groups is 1. The summed E-state index contributed by atoms with van der Waals surface area (Å²) >= 11 is 3.43. The van der Waals surface area contributed by atoms with E-state index in [0.29, 0.717) is 17.2 Å². The molecule has 0 aliphatic heterocycles. The van der Waals surface area contributed by atoms with Crippen LogP contribution in [0.1, 0.15) is 34.3 Å². The molecule has 3 rings (SSSR count). The van der Waals surface area contributed by atoms with Gasteiger partial charge in [0.25, 0.3) is 0 Å². The zero-order valence-corrected chi connectivity index (χ0v) is 12.8. The van der Waals surface area contributed by atoms with Crippen molar-refractivity contribution >= 4 is 21.7 Å². The van der Waals surface area contributed by atoms with Crippen molar-refractivity contribution in [1.82, 2.24) is 0 Å². The van der Waals surface area contributed by atoms with Crippen LogP contribution in [-0.4, -0.2) is 11.9 Å². The summed E-state index contributed by atoms with van der Waals surface area (Å²) in [5, 5.41) is 0. The van der Waals surface area contributed by atoms with Crippen LogP contribution >= 0.6 is 15.9 Å². The third-order valence-corrected chi connectivity index (χ3v) is 3.69. The van der Waals surface area contributed by atoms with E-state index in [9.17, 15) is 4.79 Å². The van der Waals surface area contributed by atoms with Gasteiger partial charge in [0, 0.05) is 15.6 Å². The summed E-state index contributed by atoms with van der Waals surface area (Å²) in [6.45, 7) is 1.98. The predicted molar refractivity (Wildman–Crippen MR) is 82.4 cm³/mol. The van der Waals surface area contributed by atoms with Gasteiger partial charge in [-0.05, 0) is 55.7 Å². The second kappa shape index (κ2) is 5.41. The van der Waals surface area contributed by atoms with Gasteiger partial charge in [0.05, 0.1) is 6.10 Å². The molecular formula is C17H15BrO2. The van der Waals surface area contributed by atoms with Crippen molar-refractivity contribution in [2.24, 2.45) is 0 Å². The molecule has 1 fully saturated rings. The first-order valence-corrected chi connectivity index (χ1v) is 7.50. The summed E-state index contributed by atoms with van der Waals surface area (Å²) in [6, 6.07) is 13.2. The lowest BCUT2D eigenvalue weighted by atomic mass is 10.0. The van der Waals surface area contributed by atoms with Crippen LogP contribution in [0.3, 0.4) is 0 Å². The van der Waals surface area contributed by atoms with E-state index >= 15 is 0 Å². The van der Waals surface area contributed by atoms with Crippen molar-refractivity contribution in [3.63, 3.8) is 0 Å². The van der Waals surface area contributed by atoms with Gasteiger partial charge >= 0.3 is 0 Å². The molecule has 0 radical (unpaired) electrons. The van der Waals surface area contributed by atoms with Gasteiger partial charge in [-0.15, -0.1) is 0 Å². The summed E-state index contributed by atoms with van der Waals surface area (Å²) in [6.07, 6.45) is 2.57. The Morgan fingerprint density at radius 1 is 1.15 bits per heavy atom. The second-order valence-electron chi connectivity index (χ2n) is 5.19.